The van der Waals surface area contributed by atoms with Crippen LogP contribution in [-0.4, -0.2) is 0 Å². The van der Waals surface area contributed by atoms with Gasteiger partial charge in [0.1, 0.15) is 11.2 Å². The van der Waals surface area contributed by atoms with Crippen LogP contribution in [0.4, 0.5) is 0 Å². The van der Waals surface area contributed by atoms with Crippen LogP contribution in [0.2, 0.25) is 0 Å². The first kappa shape index (κ1) is 18.4. The van der Waals surface area contributed by atoms with Gasteiger partial charge in [-0.15, -0.1) is 0 Å². The monoisotopic (exact) mass is 649 g/mol. The fourth-order valence-corrected chi connectivity index (χ4v) is 7.25. The van der Waals surface area contributed by atoms with Crippen molar-refractivity contribution < 1.29 is 22.2 Å². The van der Waals surface area contributed by atoms with E-state index in [1.807, 2.05) is 60.7 Å². The first-order chi connectivity index (χ1) is 30.2. The van der Waals surface area contributed by atoms with Crippen molar-refractivity contribution in [1.82, 2.24) is 0 Å². The van der Waals surface area contributed by atoms with Gasteiger partial charge in [-0.05, 0) is 72.1 Å². The van der Waals surface area contributed by atoms with E-state index >= 15 is 0 Å². The first-order valence-corrected chi connectivity index (χ1v) is 16.2. The zero-order valence-corrected chi connectivity index (χ0v) is 26.4. The maximum absolute atomic E-state index is 9.26. The fraction of sp³-hybridized carbons (Fsp3) is 0.0204. The third-order valence-corrected chi connectivity index (χ3v) is 9.47. The van der Waals surface area contributed by atoms with Gasteiger partial charge in [0.25, 0.3) is 0 Å². The van der Waals surface area contributed by atoms with Crippen molar-refractivity contribution in [3.63, 3.8) is 0 Å². The summed E-state index contributed by atoms with van der Waals surface area (Å²) in [6, 6.07) is 26.4. The molecule has 0 N–H and O–H groups in total. The van der Waals surface area contributed by atoms with E-state index in [1.54, 1.807) is 12.1 Å². The van der Waals surface area contributed by atoms with Crippen molar-refractivity contribution in [2.24, 2.45) is 0 Å². The second-order valence-corrected chi connectivity index (χ2v) is 12.2. The van der Waals surface area contributed by atoms with Crippen molar-refractivity contribution in [2.45, 2.75) is 6.42 Å². The molecule has 0 bridgehead atoms. The van der Waals surface area contributed by atoms with Gasteiger partial charge in [-0.1, -0.05) is 182 Å². The zero-order valence-electron chi connectivity index (χ0n) is 39.4. The topological polar surface area (TPSA) is 13.1 Å². The molecule has 0 aliphatic heterocycles. The Kier molecular flexibility index (Phi) is 4.26. The molecule has 0 spiro atoms. The summed E-state index contributed by atoms with van der Waals surface area (Å²) >= 11 is 0. The van der Waals surface area contributed by atoms with Gasteiger partial charge in [0.05, 0.1) is 17.8 Å². The smallest absolute Gasteiger partial charge is 0.143 e. The summed E-state index contributed by atoms with van der Waals surface area (Å²) in [5.74, 6) is 0. The summed E-state index contributed by atoms with van der Waals surface area (Å²) in [4.78, 5) is 0. The predicted octanol–water partition coefficient (Wildman–Crippen LogP) is 13.6. The lowest BCUT2D eigenvalue weighted by Crippen LogP contribution is -1.95. The highest BCUT2D eigenvalue weighted by molar-refractivity contribution is 6.16. The van der Waals surface area contributed by atoms with Crippen LogP contribution in [0.25, 0.3) is 87.6 Å². The molecule has 0 fully saturated rings. The Morgan fingerprint density at radius 3 is 1.64 bits per heavy atom. The molecule has 0 amide bonds. The highest BCUT2D eigenvalue weighted by Gasteiger charge is 2.18. The molecule has 0 saturated heterocycles. The van der Waals surface area contributed by atoms with Crippen molar-refractivity contribution in [3.8, 4) is 33.4 Å². The molecule has 0 unspecified atom stereocenters. The molecule has 0 aliphatic rings. The minimum absolute atomic E-state index is 0.0164. The van der Waals surface area contributed by atoms with Gasteiger partial charge in [-0.2, -0.15) is 0 Å². The van der Waals surface area contributed by atoms with E-state index in [-0.39, 0.29) is 38.2 Å². The summed E-state index contributed by atoms with van der Waals surface area (Å²) in [6.07, 6.45) is -0.490. The lowest BCUT2D eigenvalue weighted by molar-refractivity contribution is 0.671. The molecule has 1 aromatic heterocycles. The van der Waals surface area contributed by atoms with Gasteiger partial charge >= 0.3 is 0 Å². The molecular formula is C49H32O. The van der Waals surface area contributed by atoms with Gasteiger partial charge in [0, 0.05) is 21.9 Å². The van der Waals surface area contributed by atoms with Crippen molar-refractivity contribution in [3.05, 3.63) is 193 Å². The second-order valence-electron chi connectivity index (χ2n) is 12.2. The number of rotatable bonds is 5. The molecular weight excluding hydrogens is 605 g/mol. The average Bonchev–Trinajstić information content (AvgIpc) is 3.70. The average molecular weight is 650 g/mol. The number of fused-ring (bicyclic) bond motifs is 6. The van der Waals surface area contributed by atoms with E-state index < -0.39 is 85.0 Å². The highest BCUT2D eigenvalue weighted by atomic mass is 16.3. The van der Waals surface area contributed by atoms with E-state index in [9.17, 15) is 5.48 Å². The third-order valence-electron chi connectivity index (χ3n) is 9.47. The maximum atomic E-state index is 9.26. The number of furan rings is 1. The Balaban J connectivity index is 1.22. The van der Waals surface area contributed by atoms with Crippen molar-refractivity contribution in [2.75, 3.05) is 0 Å². The van der Waals surface area contributed by atoms with Gasteiger partial charge in [-0.3, -0.25) is 0 Å². The van der Waals surface area contributed by atoms with Crippen LogP contribution in [0, 0.1) is 0 Å². The molecule has 1 heterocycles. The number of benzene rings is 9. The Morgan fingerprint density at radius 2 is 0.920 bits per heavy atom. The Hall–Kier alpha value is -6.44. The summed E-state index contributed by atoms with van der Waals surface area (Å²) in [5, 5.41) is 3.82. The van der Waals surface area contributed by atoms with Crippen LogP contribution in [0.1, 0.15) is 28.9 Å². The van der Waals surface area contributed by atoms with Crippen molar-refractivity contribution >= 4 is 54.3 Å². The van der Waals surface area contributed by atoms with Crippen LogP contribution in [-0.2, 0) is 6.42 Å². The van der Waals surface area contributed by atoms with E-state index in [0.717, 1.165) is 49.4 Å². The molecule has 9 aromatic carbocycles. The molecule has 10 aromatic rings. The summed E-state index contributed by atoms with van der Waals surface area (Å²) in [6.45, 7) is 0. The van der Waals surface area contributed by atoms with Crippen LogP contribution in [0.5, 0.6) is 0 Å². The zero-order chi connectivity index (χ0) is 44.3. The molecule has 0 radical (unpaired) electrons. The minimum Gasteiger partial charge on any atom is -0.455 e. The van der Waals surface area contributed by atoms with E-state index in [0.29, 0.717) is 11.1 Å². The van der Waals surface area contributed by atoms with Gasteiger partial charge in [-0.25, -0.2) is 0 Å². The third kappa shape index (κ3) is 4.55. The quantitative estimate of drug-likeness (QED) is 0.169. The Morgan fingerprint density at radius 1 is 0.400 bits per heavy atom. The van der Waals surface area contributed by atoms with Crippen LogP contribution < -0.4 is 0 Å². The maximum Gasteiger partial charge on any atom is 0.143 e. The van der Waals surface area contributed by atoms with Gasteiger partial charge < -0.3 is 4.42 Å². The number of hydrogen-bond donors (Lipinski definition) is 0. The summed E-state index contributed by atoms with van der Waals surface area (Å²) in [7, 11) is 0. The summed E-state index contributed by atoms with van der Waals surface area (Å²) in [5.41, 5.74) is 5.24. The molecule has 0 aliphatic carbocycles. The van der Waals surface area contributed by atoms with E-state index in [4.69, 9.17) is 16.8 Å². The fourth-order valence-electron chi connectivity index (χ4n) is 7.25. The largest absolute Gasteiger partial charge is 0.455 e. The summed E-state index contributed by atoms with van der Waals surface area (Å²) < 4.78 is 121. The predicted molar refractivity (Wildman–Crippen MR) is 212 cm³/mol. The highest BCUT2D eigenvalue weighted by Crippen LogP contribution is 2.43. The second kappa shape index (κ2) is 11.6. The van der Waals surface area contributed by atoms with Crippen LogP contribution in [0.15, 0.2) is 186 Å². The molecule has 50 heavy (non-hydrogen) atoms. The number of para-hydroxylation sites is 2. The van der Waals surface area contributed by atoms with Gasteiger partial charge in [0.15, 0.2) is 0 Å². The van der Waals surface area contributed by atoms with Crippen molar-refractivity contribution in [1.29, 1.82) is 0 Å². The Labute approximate surface area is 308 Å². The minimum atomic E-state index is -0.617. The normalized spacial score (nSPS) is 15.3. The lowest BCUT2D eigenvalue weighted by Gasteiger charge is -2.18. The standard InChI is InChI=1S/C49H32O/c1-2-13-32(14-3-1)31-46-39-18-6-8-20-41(39)47(42-21-9-7-19-40(42)46)35-29-27-34(28-30-35)37-22-11-25-44-45-26-12-24-43(49(45)50-48(37)44)38-23-10-16-33-15-4-5-17-36(33)38/h1-30H,31H2/i1D,2D,3D,6D,7D,8D,9D,13D,14D,18D,19D,20D,21D. The number of hydrogen-bond acceptors (Lipinski definition) is 1. The van der Waals surface area contributed by atoms with E-state index in [2.05, 4.69) is 30.3 Å². The van der Waals surface area contributed by atoms with Gasteiger partial charge in [0.2, 0.25) is 0 Å². The molecule has 1 nitrogen and oxygen atoms in total. The first-order valence-electron chi connectivity index (χ1n) is 22.7. The molecule has 0 atom stereocenters. The SMILES string of the molecule is [2H]c1c([2H])c([2H])c(Cc2c3c([2H])c([2H])c([2H])c([2H])c3c(-c3ccc(-c4cccc5c4oc4c(-c6cccc7ccccc67)cccc45)cc3)c3c([2H])c([2H])c([2H])c([2H])c23)c([2H])c1[2H]. The molecule has 0 saturated carbocycles. The lowest BCUT2D eigenvalue weighted by atomic mass is 9.86. The van der Waals surface area contributed by atoms with E-state index in [1.165, 1.54) is 0 Å². The molecule has 1 heteroatoms. The molecule has 234 valence electrons. The van der Waals surface area contributed by atoms with Crippen LogP contribution >= 0.6 is 0 Å². The van der Waals surface area contributed by atoms with Crippen LogP contribution in [0.3, 0.4) is 0 Å². The Bertz CT molecular complexity index is 3520. The molecule has 10 rings (SSSR count).